The van der Waals surface area contributed by atoms with Crippen molar-refractivity contribution in [3.05, 3.63) is 29.6 Å². The standard InChI is InChI=1S/C12H18BNO/c1-4-11(13)8-12(15-3)10-5-6-14-9(2)7-10/h5-7,11-12H,4,8H2,1-3H3. The number of aromatic nitrogens is 1. The first-order valence-corrected chi connectivity index (χ1v) is 5.38. The van der Waals surface area contributed by atoms with E-state index in [-0.39, 0.29) is 11.9 Å². The monoisotopic (exact) mass is 203 g/mol. The molecule has 0 saturated heterocycles. The third-order valence-electron chi connectivity index (χ3n) is 2.62. The molecule has 0 saturated carbocycles. The minimum atomic E-state index is 0.0849. The molecule has 2 atom stereocenters. The molecule has 0 aliphatic heterocycles. The molecular weight excluding hydrogens is 185 g/mol. The van der Waals surface area contributed by atoms with Gasteiger partial charge in [0.25, 0.3) is 0 Å². The summed E-state index contributed by atoms with van der Waals surface area (Å²) >= 11 is 0. The number of rotatable bonds is 5. The molecule has 0 bridgehead atoms. The number of hydrogen-bond donors (Lipinski definition) is 0. The summed E-state index contributed by atoms with van der Waals surface area (Å²) in [5, 5.41) is 0. The molecule has 2 nitrogen and oxygen atoms in total. The summed E-state index contributed by atoms with van der Waals surface area (Å²) < 4.78 is 5.46. The molecule has 1 heterocycles. The fourth-order valence-corrected chi connectivity index (χ4v) is 1.58. The topological polar surface area (TPSA) is 22.1 Å². The molecule has 2 unspecified atom stereocenters. The van der Waals surface area contributed by atoms with Gasteiger partial charge in [0.2, 0.25) is 0 Å². The van der Waals surface area contributed by atoms with Gasteiger partial charge in [-0.15, -0.1) is 0 Å². The SMILES string of the molecule is [B]C(CC)CC(OC)c1ccnc(C)c1. The molecule has 0 aliphatic rings. The zero-order valence-electron chi connectivity index (χ0n) is 9.73. The predicted octanol–water partition coefficient (Wildman–Crippen LogP) is 2.83. The quantitative estimate of drug-likeness (QED) is 0.686. The van der Waals surface area contributed by atoms with Crippen LogP contribution in [0.4, 0.5) is 0 Å². The van der Waals surface area contributed by atoms with E-state index in [4.69, 9.17) is 12.6 Å². The van der Waals surface area contributed by atoms with E-state index in [2.05, 4.69) is 18.0 Å². The first-order chi connectivity index (χ1) is 7.17. The van der Waals surface area contributed by atoms with Crippen molar-refractivity contribution in [1.82, 2.24) is 4.98 Å². The fourth-order valence-electron chi connectivity index (χ4n) is 1.58. The van der Waals surface area contributed by atoms with Crippen molar-refractivity contribution in [2.75, 3.05) is 7.11 Å². The van der Waals surface area contributed by atoms with Crippen LogP contribution in [-0.2, 0) is 4.74 Å². The van der Waals surface area contributed by atoms with E-state index in [1.807, 2.05) is 19.2 Å². The number of hydrogen-bond acceptors (Lipinski definition) is 2. The highest BCUT2D eigenvalue weighted by Crippen LogP contribution is 2.27. The third kappa shape index (κ3) is 3.67. The summed E-state index contributed by atoms with van der Waals surface area (Å²) in [6.45, 7) is 4.07. The van der Waals surface area contributed by atoms with Crippen molar-refractivity contribution in [2.45, 2.75) is 38.6 Å². The van der Waals surface area contributed by atoms with E-state index in [9.17, 15) is 0 Å². The van der Waals surface area contributed by atoms with Crippen LogP contribution in [0.15, 0.2) is 18.3 Å². The molecule has 3 heteroatoms. The average molecular weight is 203 g/mol. The van der Waals surface area contributed by atoms with Crippen molar-refractivity contribution in [2.24, 2.45) is 0 Å². The molecular formula is C12H18BNO. The molecule has 0 spiro atoms. The lowest BCUT2D eigenvalue weighted by molar-refractivity contribution is 0.0937. The van der Waals surface area contributed by atoms with E-state index >= 15 is 0 Å². The van der Waals surface area contributed by atoms with Gasteiger partial charge in [-0.3, -0.25) is 4.98 Å². The molecule has 2 radical (unpaired) electrons. The molecule has 1 rings (SSSR count). The van der Waals surface area contributed by atoms with Crippen LogP contribution in [0, 0.1) is 6.92 Å². The Morgan fingerprint density at radius 1 is 1.53 bits per heavy atom. The number of pyridine rings is 1. The van der Waals surface area contributed by atoms with Gasteiger partial charge < -0.3 is 4.74 Å². The molecule has 0 N–H and O–H groups in total. The van der Waals surface area contributed by atoms with Gasteiger partial charge in [0.15, 0.2) is 0 Å². The van der Waals surface area contributed by atoms with Crippen molar-refractivity contribution >= 4 is 7.85 Å². The van der Waals surface area contributed by atoms with Gasteiger partial charge >= 0.3 is 0 Å². The Bertz CT molecular complexity index is 303. The highest BCUT2D eigenvalue weighted by atomic mass is 16.5. The number of ether oxygens (including phenoxy) is 1. The second-order valence-electron chi connectivity index (χ2n) is 3.86. The van der Waals surface area contributed by atoms with Crippen LogP contribution in [0.3, 0.4) is 0 Å². The lowest BCUT2D eigenvalue weighted by Gasteiger charge is -2.19. The minimum absolute atomic E-state index is 0.0849. The van der Waals surface area contributed by atoms with Crippen LogP contribution in [0.5, 0.6) is 0 Å². The van der Waals surface area contributed by atoms with Gasteiger partial charge in [0.1, 0.15) is 0 Å². The minimum Gasteiger partial charge on any atom is -0.377 e. The number of nitrogens with zero attached hydrogens (tertiary/aromatic N) is 1. The zero-order valence-corrected chi connectivity index (χ0v) is 9.73. The molecule has 0 fully saturated rings. The Kier molecular flexibility index (Phi) is 4.83. The highest BCUT2D eigenvalue weighted by Gasteiger charge is 2.13. The van der Waals surface area contributed by atoms with Gasteiger partial charge in [-0.25, -0.2) is 0 Å². The van der Waals surface area contributed by atoms with Gasteiger partial charge in [-0.1, -0.05) is 19.2 Å². The summed E-state index contributed by atoms with van der Waals surface area (Å²) in [6, 6.07) is 4.04. The first kappa shape index (κ1) is 12.2. The summed E-state index contributed by atoms with van der Waals surface area (Å²) in [6.07, 6.45) is 3.73. The highest BCUT2D eigenvalue weighted by molar-refractivity contribution is 6.11. The molecule has 0 aliphatic carbocycles. The number of methoxy groups -OCH3 is 1. The molecule has 1 aromatic heterocycles. The Morgan fingerprint density at radius 3 is 2.80 bits per heavy atom. The van der Waals surface area contributed by atoms with Gasteiger partial charge in [0, 0.05) is 19.0 Å². The predicted molar refractivity (Wildman–Crippen MR) is 63.1 cm³/mol. The van der Waals surface area contributed by atoms with E-state index < -0.39 is 0 Å². The van der Waals surface area contributed by atoms with Crippen LogP contribution in [0.1, 0.15) is 37.1 Å². The molecule has 1 aromatic rings. The second kappa shape index (κ2) is 5.91. The normalized spacial score (nSPS) is 14.9. The van der Waals surface area contributed by atoms with E-state index in [1.54, 1.807) is 7.11 Å². The molecule has 0 amide bonds. The summed E-state index contributed by atoms with van der Waals surface area (Å²) in [5.74, 6) is 0.198. The Morgan fingerprint density at radius 2 is 2.27 bits per heavy atom. The maximum atomic E-state index is 5.93. The smallest absolute Gasteiger partial charge is 0.0817 e. The maximum absolute atomic E-state index is 5.93. The molecule has 80 valence electrons. The van der Waals surface area contributed by atoms with Crippen LogP contribution in [0.2, 0.25) is 5.82 Å². The fraction of sp³-hybridized carbons (Fsp3) is 0.583. The van der Waals surface area contributed by atoms with Crippen LogP contribution < -0.4 is 0 Å². The van der Waals surface area contributed by atoms with Crippen molar-refractivity contribution in [3.8, 4) is 0 Å². The first-order valence-electron chi connectivity index (χ1n) is 5.38. The number of aryl methyl sites for hydroxylation is 1. The summed E-state index contributed by atoms with van der Waals surface area (Å²) in [4.78, 5) is 4.17. The molecule has 0 aromatic carbocycles. The second-order valence-corrected chi connectivity index (χ2v) is 3.86. The van der Waals surface area contributed by atoms with E-state index in [0.717, 1.165) is 24.1 Å². The van der Waals surface area contributed by atoms with Gasteiger partial charge in [-0.05, 0) is 31.0 Å². The summed E-state index contributed by atoms with van der Waals surface area (Å²) in [7, 11) is 7.65. The van der Waals surface area contributed by atoms with Crippen LogP contribution in [-0.4, -0.2) is 19.9 Å². The molecule has 15 heavy (non-hydrogen) atoms. The lowest BCUT2D eigenvalue weighted by Crippen LogP contribution is -2.06. The Balaban J connectivity index is 2.73. The van der Waals surface area contributed by atoms with Gasteiger partial charge in [0.05, 0.1) is 14.0 Å². The maximum Gasteiger partial charge on any atom is 0.0817 e. The summed E-state index contributed by atoms with van der Waals surface area (Å²) in [5.41, 5.74) is 2.17. The van der Waals surface area contributed by atoms with Gasteiger partial charge in [-0.2, -0.15) is 0 Å². The largest absolute Gasteiger partial charge is 0.377 e. The van der Waals surface area contributed by atoms with Crippen LogP contribution >= 0.6 is 0 Å². The van der Waals surface area contributed by atoms with Crippen molar-refractivity contribution in [1.29, 1.82) is 0 Å². The van der Waals surface area contributed by atoms with Crippen LogP contribution in [0.25, 0.3) is 0 Å². The Labute approximate surface area is 93.5 Å². The average Bonchev–Trinajstić information content (AvgIpc) is 2.25. The zero-order chi connectivity index (χ0) is 11.3. The third-order valence-corrected chi connectivity index (χ3v) is 2.62. The lowest BCUT2D eigenvalue weighted by atomic mass is 9.79. The van der Waals surface area contributed by atoms with E-state index in [0.29, 0.717) is 0 Å². The van der Waals surface area contributed by atoms with Crippen molar-refractivity contribution < 1.29 is 4.74 Å². The van der Waals surface area contributed by atoms with Crippen molar-refractivity contribution in [3.63, 3.8) is 0 Å². The Hall–Kier alpha value is -0.825. The van der Waals surface area contributed by atoms with E-state index in [1.165, 1.54) is 0 Å².